The van der Waals surface area contributed by atoms with Crippen molar-refractivity contribution in [2.45, 2.75) is 19.6 Å². The molecule has 1 unspecified atom stereocenters. The quantitative estimate of drug-likeness (QED) is 0.923. The molecule has 0 saturated carbocycles. The van der Waals surface area contributed by atoms with Crippen molar-refractivity contribution in [3.8, 4) is 5.75 Å². The molecule has 0 aromatic heterocycles. The molecule has 102 valence electrons. The van der Waals surface area contributed by atoms with Crippen molar-refractivity contribution < 1.29 is 4.74 Å². The van der Waals surface area contributed by atoms with Gasteiger partial charge in [-0.05, 0) is 24.6 Å². The fourth-order valence-corrected chi connectivity index (χ4v) is 2.24. The van der Waals surface area contributed by atoms with E-state index in [9.17, 15) is 0 Å². The molecule has 3 rings (SSSR count). The molecule has 0 radical (unpaired) electrons. The minimum Gasteiger partial charge on any atom is -0.488 e. The fraction of sp³-hybridized carbons (Fsp3) is 0.235. The van der Waals surface area contributed by atoms with Gasteiger partial charge in [-0.15, -0.1) is 0 Å². The third kappa shape index (κ3) is 2.82. The summed E-state index contributed by atoms with van der Waals surface area (Å²) in [7, 11) is 0. The summed E-state index contributed by atoms with van der Waals surface area (Å²) in [6.45, 7) is 3.52. The highest BCUT2D eigenvalue weighted by atomic mass is 16.5. The number of aliphatic imine (C=N–C) groups is 1. The Bertz CT molecular complexity index is 607. The summed E-state index contributed by atoms with van der Waals surface area (Å²) in [6, 6.07) is 18.6. The van der Waals surface area contributed by atoms with Crippen LogP contribution >= 0.6 is 0 Å². The van der Waals surface area contributed by atoms with Gasteiger partial charge >= 0.3 is 0 Å². The van der Waals surface area contributed by atoms with Crippen LogP contribution in [0.15, 0.2) is 59.6 Å². The Balaban J connectivity index is 1.77. The summed E-state index contributed by atoms with van der Waals surface area (Å²) in [6.07, 6.45) is 0. The number of amidine groups is 1. The molecule has 1 heterocycles. The molecule has 0 fully saturated rings. The van der Waals surface area contributed by atoms with Crippen molar-refractivity contribution in [1.82, 2.24) is 5.32 Å². The van der Waals surface area contributed by atoms with E-state index in [-0.39, 0.29) is 0 Å². The highest BCUT2D eigenvalue weighted by Gasteiger charge is 2.17. The van der Waals surface area contributed by atoms with Gasteiger partial charge in [0.1, 0.15) is 18.2 Å². The summed E-state index contributed by atoms with van der Waals surface area (Å²) in [5.74, 6) is 1.80. The van der Waals surface area contributed by atoms with E-state index in [1.807, 2.05) is 42.5 Å². The molecule has 20 heavy (non-hydrogen) atoms. The van der Waals surface area contributed by atoms with Gasteiger partial charge in [0.05, 0.1) is 12.1 Å². The lowest BCUT2D eigenvalue weighted by atomic mass is 10.1. The van der Waals surface area contributed by atoms with Crippen LogP contribution in [0, 0.1) is 0 Å². The second-order valence-electron chi connectivity index (χ2n) is 5.01. The number of nitrogens with one attached hydrogen (secondary N) is 1. The van der Waals surface area contributed by atoms with E-state index in [4.69, 9.17) is 4.74 Å². The van der Waals surface area contributed by atoms with Crippen LogP contribution in [0.25, 0.3) is 0 Å². The van der Waals surface area contributed by atoms with E-state index < -0.39 is 0 Å². The number of para-hydroxylation sites is 1. The van der Waals surface area contributed by atoms with Crippen LogP contribution in [0.1, 0.15) is 18.1 Å². The van der Waals surface area contributed by atoms with Crippen LogP contribution in [0.2, 0.25) is 0 Å². The zero-order valence-electron chi connectivity index (χ0n) is 11.5. The molecule has 1 aliphatic heterocycles. The van der Waals surface area contributed by atoms with Gasteiger partial charge in [-0.2, -0.15) is 0 Å². The van der Waals surface area contributed by atoms with Gasteiger partial charge in [-0.3, -0.25) is 4.99 Å². The standard InChI is InChI=1S/C17H18N2O/c1-13-11-18-17(19-13)15-9-5-6-10-16(15)20-12-14-7-3-2-4-8-14/h2-10,13H,11-12H2,1H3,(H,18,19). The van der Waals surface area contributed by atoms with Gasteiger partial charge in [-0.25, -0.2) is 0 Å². The summed E-state index contributed by atoms with van der Waals surface area (Å²) in [5, 5.41) is 3.38. The van der Waals surface area contributed by atoms with Gasteiger partial charge in [0, 0.05) is 6.04 Å². The number of nitrogens with zero attached hydrogens (tertiary/aromatic N) is 1. The summed E-state index contributed by atoms with van der Waals surface area (Å²) in [5.41, 5.74) is 2.20. The van der Waals surface area contributed by atoms with Crippen molar-refractivity contribution in [3.63, 3.8) is 0 Å². The van der Waals surface area contributed by atoms with E-state index in [0.29, 0.717) is 12.6 Å². The van der Waals surface area contributed by atoms with Crippen LogP contribution in [-0.4, -0.2) is 18.4 Å². The zero-order chi connectivity index (χ0) is 13.8. The first-order valence-corrected chi connectivity index (χ1v) is 6.90. The molecule has 0 amide bonds. The summed E-state index contributed by atoms with van der Waals surface area (Å²) >= 11 is 0. The average Bonchev–Trinajstić information content (AvgIpc) is 2.93. The molecule has 1 aliphatic rings. The van der Waals surface area contributed by atoms with E-state index in [1.165, 1.54) is 0 Å². The lowest BCUT2D eigenvalue weighted by Crippen LogP contribution is -2.28. The predicted molar refractivity (Wildman–Crippen MR) is 81.2 cm³/mol. The zero-order valence-corrected chi connectivity index (χ0v) is 11.5. The highest BCUT2D eigenvalue weighted by molar-refractivity contribution is 6.02. The van der Waals surface area contributed by atoms with Crippen molar-refractivity contribution >= 4 is 5.84 Å². The topological polar surface area (TPSA) is 33.6 Å². The van der Waals surface area contributed by atoms with Crippen LogP contribution in [0.4, 0.5) is 0 Å². The maximum absolute atomic E-state index is 5.95. The lowest BCUT2D eigenvalue weighted by Gasteiger charge is -2.12. The molecular weight excluding hydrogens is 248 g/mol. The first-order valence-electron chi connectivity index (χ1n) is 6.90. The van der Waals surface area contributed by atoms with Crippen molar-refractivity contribution in [3.05, 3.63) is 65.7 Å². The monoisotopic (exact) mass is 266 g/mol. The van der Waals surface area contributed by atoms with Gasteiger partial charge in [0.15, 0.2) is 0 Å². The minimum atomic E-state index is 0.396. The number of hydrogen-bond acceptors (Lipinski definition) is 3. The Morgan fingerprint density at radius 2 is 1.85 bits per heavy atom. The Kier molecular flexibility index (Phi) is 3.68. The Morgan fingerprint density at radius 3 is 2.60 bits per heavy atom. The fourth-order valence-electron chi connectivity index (χ4n) is 2.24. The van der Waals surface area contributed by atoms with Gasteiger partial charge < -0.3 is 10.1 Å². The van der Waals surface area contributed by atoms with Crippen LogP contribution < -0.4 is 10.1 Å². The number of benzene rings is 2. The Labute approximate surface area is 119 Å². The average molecular weight is 266 g/mol. The summed E-state index contributed by atoms with van der Waals surface area (Å²) in [4.78, 5) is 4.53. The lowest BCUT2D eigenvalue weighted by molar-refractivity contribution is 0.305. The molecule has 3 heteroatoms. The maximum atomic E-state index is 5.95. The summed E-state index contributed by atoms with van der Waals surface area (Å²) < 4.78 is 5.95. The molecule has 0 bridgehead atoms. The van der Waals surface area contributed by atoms with Gasteiger partial charge in [0.25, 0.3) is 0 Å². The first kappa shape index (κ1) is 12.7. The van der Waals surface area contributed by atoms with E-state index in [2.05, 4.69) is 29.4 Å². The number of hydrogen-bond donors (Lipinski definition) is 1. The Morgan fingerprint density at radius 1 is 1.10 bits per heavy atom. The third-order valence-corrected chi connectivity index (χ3v) is 3.29. The molecule has 0 spiro atoms. The molecule has 0 aliphatic carbocycles. The van der Waals surface area contributed by atoms with Gasteiger partial charge in [0.2, 0.25) is 0 Å². The second-order valence-corrected chi connectivity index (χ2v) is 5.01. The van der Waals surface area contributed by atoms with Crippen molar-refractivity contribution in [2.75, 3.05) is 6.54 Å². The molecule has 2 aromatic rings. The van der Waals surface area contributed by atoms with Crippen LogP contribution in [0.3, 0.4) is 0 Å². The molecule has 1 atom stereocenters. The third-order valence-electron chi connectivity index (χ3n) is 3.29. The van der Waals surface area contributed by atoms with Crippen molar-refractivity contribution in [2.24, 2.45) is 4.99 Å². The molecule has 3 nitrogen and oxygen atoms in total. The largest absolute Gasteiger partial charge is 0.488 e. The SMILES string of the molecule is CC1CN=C(c2ccccc2OCc2ccccc2)N1. The number of rotatable bonds is 4. The smallest absolute Gasteiger partial charge is 0.132 e. The maximum Gasteiger partial charge on any atom is 0.132 e. The Hall–Kier alpha value is -2.29. The van der Waals surface area contributed by atoms with Gasteiger partial charge in [-0.1, -0.05) is 42.5 Å². The highest BCUT2D eigenvalue weighted by Crippen LogP contribution is 2.21. The second kappa shape index (κ2) is 5.78. The van der Waals surface area contributed by atoms with E-state index >= 15 is 0 Å². The predicted octanol–water partition coefficient (Wildman–Crippen LogP) is 3.00. The minimum absolute atomic E-state index is 0.396. The first-order chi connectivity index (χ1) is 9.83. The van der Waals surface area contributed by atoms with Crippen LogP contribution in [0.5, 0.6) is 5.75 Å². The van der Waals surface area contributed by atoms with E-state index in [0.717, 1.165) is 29.3 Å². The molecular formula is C17H18N2O. The molecule has 2 aromatic carbocycles. The molecule has 0 saturated heterocycles. The molecule has 1 N–H and O–H groups in total. The van der Waals surface area contributed by atoms with E-state index in [1.54, 1.807) is 0 Å². The van der Waals surface area contributed by atoms with Crippen molar-refractivity contribution in [1.29, 1.82) is 0 Å². The number of ether oxygens (including phenoxy) is 1. The van der Waals surface area contributed by atoms with Crippen LogP contribution in [-0.2, 0) is 6.61 Å². The normalized spacial score (nSPS) is 17.4.